The van der Waals surface area contributed by atoms with E-state index in [1.165, 1.54) is 12.1 Å². The van der Waals surface area contributed by atoms with Gasteiger partial charge in [0, 0.05) is 0 Å². The van der Waals surface area contributed by atoms with E-state index in [1.807, 2.05) is 19.1 Å². The number of nitrogens with zero attached hydrogens (tertiary/aromatic N) is 1. The van der Waals surface area contributed by atoms with Gasteiger partial charge in [-0.2, -0.15) is 0 Å². The molecule has 1 rings (SSSR count). The zero-order chi connectivity index (χ0) is 6.53. The Bertz CT molecular complexity index is 162. The summed E-state index contributed by atoms with van der Waals surface area (Å²) in [6, 6.07) is 4.08. The number of rotatable bonds is 2. The van der Waals surface area contributed by atoms with E-state index in [1.54, 1.807) is 0 Å². The third-order valence-electron chi connectivity index (χ3n) is 1.23. The summed E-state index contributed by atoms with van der Waals surface area (Å²) in [4.78, 5) is 4.17. The summed E-state index contributed by atoms with van der Waals surface area (Å²) >= 11 is 0. The van der Waals surface area contributed by atoms with Crippen LogP contribution < -0.4 is 0 Å². The van der Waals surface area contributed by atoms with Gasteiger partial charge in [-0.25, -0.2) is 0 Å². The second-order valence-corrected chi connectivity index (χ2v) is 2.07. The van der Waals surface area contributed by atoms with Gasteiger partial charge >= 0.3 is 55.5 Å². The van der Waals surface area contributed by atoms with Gasteiger partial charge in [0.05, 0.1) is 0 Å². The van der Waals surface area contributed by atoms with Crippen LogP contribution in [0, 0.1) is 0 Å². The van der Waals surface area contributed by atoms with Crippen LogP contribution in [0.2, 0.25) is 0 Å². The third-order valence-corrected chi connectivity index (χ3v) is 1.23. The zero-order valence-electron chi connectivity index (χ0n) is 5.67. The van der Waals surface area contributed by atoms with Gasteiger partial charge < -0.3 is 0 Å². The minimum absolute atomic E-state index is 1.10. The van der Waals surface area contributed by atoms with Gasteiger partial charge in [-0.15, -0.1) is 0 Å². The molecule has 46 valence electrons. The van der Waals surface area contributed by atoms with Gasteiger partial charge in [-0.05, 0) is 0 Å². The molecule has 0 bridgehead atoms. The zero-order valence-corrected chi connectivity index (χ0v) is 5.67. The molecule has 1 nitrogen and oxygen atoms in total. The number of aryl methyl sites for hydroxylation is 1. The molecule has 0 radical (unpaired) electrons. The van der Waals surface area contributed by atoms with E-state index >= 15 is 0 Å². The van der Waals surface area contributed by atoms with Gasteiger partial charge in [-0.3, -0.25) is 0 Å². The fourth-order valence-corrected chi connectivity index (χ4v) is 0.802. The number of aromatic nitrogens is 1. The van der Waals surface area contributed by atoms with Gasteiger partial charge in [-0.1, -0.05) is 0 Å². The van der Waals surface area contributed by atoms with Crippen molar-refractivity contribution in [3.63, 3.8) is 0 Å². The molecule has 0 aliphatic heterocycles. The SMILES string of the molecule is CCCc1cccbn1. The van der Waals surface area contributed by atoms with Crippen molar-refractivity contribution >= 4 is 7.05 Å². The van der Waals surface area contributed by atoms with Gasteiger partial charge in [0.1, 0.15) is 0 Å². The van der Waals surface area contributed by atoms with Crippen molar-refractivity contribution < 1.29 is 0 Å². The van der Waals surface area contributed by atoms with Crippen molar-refractivity contribution in [3.05, 3.63) is 23.8 Å². The summed E-state index contributed by atoms with van der Waals surface area (Å²) in [5, 5.41) is 0. The Hall–Kier alpha value is -0.655. The molecule has 0 saturated carbocycles. The van der Waals surface area contributed by atoms with E-state index in [-0.39, 0.29) is 0 Å². The van der Waals surface area contributed by atoms with Crippen molar-refractivity contribution in [2.24, 2.45) is 0 Å². The maximum absolute atomic E-state index is 4.17. The molecule has 0 aromatic carbocycles. The molecule has 0 aliphatic rings. The molecule has 1 heterocycles. The van der Waals surface area contributed by atoms with Crippen LogP contribution in [0.15, 0.2) is 18.1 Å². The Morgan fingerprint density at radius 2 is 2.56 bits per heavy atom. The predicted octanol–water partition coefficient (Wildman–Crippen LogP) is 1.37. The molecule has 1 aromatic rings. The normalized spacial score (nSPS) is 9.00. The molecule has 2 heteroatoms. The third kappa shape index (κ3) is 1.96. The molecule has 0 aliphatic carbocycles. The van der Waals surface area contributed by atoms with Crippen LogP contribution in [0.5, 0.6) is 0 Å². The van der Waals surface area contributed by atoms with Crippen LogP contribution in [0.25, 0.3) is 0 Å². The Morgan fingerprint density at radius 1 is 1.67 bits per heavy atom. The average molecular weight is 119 g/mol. The first-order valence-corrected chi connectivity index (χ1v) is 3.33. The maximum atomic E-state index is 4.17. The number of hydrogen-bond donors (Lipinski definition) is 0. The first-order valence-electron chi connectivity index (χ1n) is 3.33. The van der Waals surface area contributed by atoms with E-state index in [9.17, 15) is 0 Å². The van der Waals surface area contributed by atoms with E-state index in [0.29, 0.717) is 0 Å². The van der Waals surface area contributed by atoms with Gasteiger partial charge in [0.25, 0.3) is 0 Å². The molecule has 0 N–H and O–H groups in total. The van der Waals surface area contributed by atoms with Crippen molar-refractivity contribution in [2.45, 2.75) is 19.8 Å². The minimum atomic E-state index is 1.10. The Kier molecular flexibility index (Phi) is 2.43. The van der Waals surface area contributed by atoms with Crippen molar-refractivity contribution in [2.75, 3.05) is 0 Å². The monoisotopic (exact) mass is 119 g/mol. The Morgan fingerprint density at radius 3 is 3.11 bits per heavy atom. The molecular weight excluding hydrogens is 109 g/mol. The molecule has 0 fully saturated rings. The molecule has 0 unspecified atom stereocenters. The molecule has 0 spiro atoms. The molecular formula is C7H10BN. The van der Waals surface area contributed by atoms with Crippen molar-refractivity contribution in [3.8, 4) is 0 Å². The van der Waals surface area contributed by atoms with E-state index in [4.69, 9.17) is 0 Å². The van der Waals surface area contributed by atoms with Crippen LogP contribution in [-0.4, -0.2) is 11.9 Å². The Balaban J connectivity index is 2.61. The molecule has 0 atom stereocenters. The van der Waals surface area contributed by atoms with E-state index in [2.05, 4.69) is 17.9 Å². The summed E-state index contributed by atoms with van der Waals surface area (Å²) in [7, 11) is 1.84. The van der Waals surface area contributed by atoms with Crippen LogP contribution >= 0.6 is 0 Å². The van der Waals surface area contributed by atoms with Crippen LogP contribution in [0.1, 0.15) is 19.0 Å². The van der Waals surface area contributed by atoms with Crippen LogP contribution in [0.3, 0.4) is 0 Å². The Labute approximate surface area is 56.4 Å². The molecule has 9 heavy (non-hydrogen) atoms. The predicted molar refractivity (Wildman–Crippen MR) is 39.6 cm³/mol. The summed E-state index contributed by atoms with van der Waals surface area (Å²) in [5.74, 6) is 1.94. The average Bonchev–Trinajstić information content (AvgIpc) is 1.91. The van der Waals surface area contributed by atoms with Gasteiger partial charge in [0.2, 0.25) is 0 Å². The van der Waals surface area contributed by atoms with Gasteiger partial charge in [0.15, 0.2) is 0 Å². The summed E-state index contributed by atoms with van der Waals surface area (Å²) < 4.78 is 0. The second-order valence-electron chi connectivity index (χ2n) is 2.07. The summed E-state index contributed by atoms with van der Waals surface area (Å²) in [5.41, 5.74) is 1.19. The van der Waals surface area contributed by atoms with Crippen molar-refractivity contribution in [1.29, 1.82) is 0 Å². The van der Waals surface area contributed by atoms with E-state index in [0.717, 1.165) is 6.42 Å². The summed E-state index contributed by atoms with van der Waals surface area (Å²) in [6.45, 7) is 2.16. The molecule has 0 saturated heterocycles. The van der Waals surface area contributed by atoms with Crippen molar-refractivity contribution in [1.82, 2.24) is 4.89 Å². The fraction of sp³-hybridized carbons (Fsp3) is 0.429. The molecule has 1 aromatic heterocycles. The first kappa shape index (κ1) is 6.46. The topological polar surface area (TPSA) is 12.9 Å². The summed E-state index contributed by atoms with van der Waals surface area (Å²) in [6.07, 6.45) is 2.28. The first-order chi connectivity index (χ1) is 4.43. The van der Waals surface area contributed by atoms with Crippen LogP contribution in [0.4, 0.5) is 0 Å². The standard InChI is InChI=1S/C7H10BN/c1-2-4-7-5-3-6-8-9-7/h3,5-6H,2,4H2,1H3. The molecule has 0 amide bonds. The second kappa shape index (κ2) is 3.39. The quantitative estimate of drug-likeness (QED) is 0.572. The van der Waals surface area contributed by atoms with Crippen LogP contribution in [-0.2, 0) is 6.42 Å². The number of hydrogen-bond acceptors (Lipinski definition) is 1. The fourth-order valence-electron chi connectivity index (χ4n) is 0.802. The van der Waals surface area contributed by atoms with E-state index < -0.39 is 0 Å².